The fraction of sp³-hybridized carbons (Fsp3) is 0.0714. The predicted octanol–water partition coefficient (Wildman–Crippen LogP) is 4.36. The van der Waals surface area contributed by atoms with E-state index in [-0.39, 0.29) is 5.91 Å². The normalized spacial score (nSPS) is 10.1. The Hall–Kier alpha value is -1.52. The molecule has 0 atom stereocenters. The molecule has 0 fully saturated rings. The molecule has 5 heteroatoms. The lowest BCUT2D eigenvalue weighted by atomic mass is 10.2. The van der Waals surface area contributed by atoms with Gasteiger partial charge in [-0.15, -0.1) is 0 Å². The number of nitrogens with one attached hydrogen (secondary N) is 1. The number of hydrogen-bond donors (Lipinski definition) is 1. The van der Waals surface area contributed by atoms with Crippen molar-refractivity contribution < 1.29 is 9.53 Å². The van der Waals surface area contributed by atoms with Gasteiger partial charge in [0.05, 0.1) is 12.1 Å². The Morgan fingerprint density at radius 3 is 2.68 bits per heavy atom. The zero-order valence-corrected chi connectivity index (χ0v) is 12.5. The van der Waals surface area contributed by atoms with Crippen molar-refractivity contribution in [2.45, 2.75) is 0 Å². The summed E-state index contributed by atoms with van der Waals surface area (Å²) in [5.74, 6) is 0.323. The van der Waals surface area contributed by atoms with E-state index < -0.39 is 0 Å². The monoisotopic (exact) mass is 339 g/mol. The zero-order valence-electron chi connectivity index (χ0n) is 10.1. The van der Waals surface area contributed by atoms with Crippen LogP contribution in [0.4, 0.5) is 5.69 Å². The lowest BCUT2D eigenvalue weighted by Gasteiger charge is -2.07. The standard InChI is InChI=1S/C14H11BrClNO2/c1-19-13-6-5-9(7-12(13)16)14(18)17-11-4-2-3-10(15)8-11/h2-8H,1H3,(H,17,18). The average molecular weight is 341 g/mol. The van der Waals surface area contributed by atoms with E-state index in [2.05, 4.69) is 21.2 Å². The van der Waals surface area contributed by atoms with Crippen molar-refractivity contribution >= 4 is 39.1 Å². The van der Waals surface area contributed by atoms with Gasteiger partial charge >= 0.3 is 0 Å². The maximum absolute atomic E-state index is 12.1. The molecule has 0 aliphatic heterocycles. The van der Waals surface area contributed by atoms with Gasteiger partial charge in [0.15, 0.2) is 0 Å². The van der Waals surface area contributed by atoms with Crippen LogP contribution in [0.3, 0.4) is 0 Å². The number of carbonyl (C=O) groups is 1. The van der Waals surface area contributed by atoms with Crippen LogP contribution in [-0.4, -0.2) is 13.0 Å². The summed E-state index contributed by atoms with van der Waals surface area (Å²) in [6.07, 6.45) is 0. The highest BCUT2D eigenvalue weighted by molar-refractivity contribution is 9.10. The molecular weight excluding hydrogens is 330 g/mol. The molecule has 19 heavy (non-hydrogen) atoms. The molecule has 0 saturated carbocycles. The van der Waals surface area contributed by atoms with Gasteiger partial charge in [0.2, 0.25) is 0 Å². The van der Waals surface area contributed by atoms with E-state index in [1.807, 2.05) is 24.3 Å². The van der Waals surface area contributed by atoms with E-state index in [0.717, 1.165) is 4.47 Å². The highest BCUT2D eigenvalue weighted by atomic mass is 79.9. The van der Waals surface area contributed by atoms with Crippen LogP contribution in [0, 0.1) is 0 Å². The molecule has 0 bridgehead atoms. The Labute approximate surface area is 124 Å². The van der Waals surface area contributed by atoms with Crippen LogP contribution in [0.1, 0.15) is 10.4 Å². The van der Waals surface area contributed by atoms with Crippen molar-refractivity contribution in [3.8, 4) is 5.75 Å². The van der Waals surface area contributed by atoms with Crippen molar-refractivity contribution in [1.82, 2.24) is 0 Å². The minimum Gasteiger partial charge on any atom is -0.495 e. The van der Waals surface area contributed by atoms with E-state index in [1.165, 1.54) is 7.11 Å². The zero-order chi connectivity index (χ0) is 13.8. The predicted molar refractivity (Wildman–Crippen MR) is 80.1 cm³/mol. The number of methoxy groups -OCH3 is 1. The molecular formula is C14H11BrClNO2. The first-order valence-corrected chi connectivity index (χ1v) is 6.67. The molecule has 0 spiro atoms. The summed E-state index contributed by atoms with van der Waals surface area (Å²) in [4.78, 5) is 12.1. The summed E-state index contributed by atoms with van der Waals surface area (Å²) >= 11 is 9.34. The van der Waals surface area contributed by atoms with E-state index in [4.69, 9.17) is 16.3 Å². The SMILES string of the molecule is COc1ccc(C(=O)Nc2cccc(Br)c2)cc1Cl. The van der Waals surface area contributed by atoms with Crippen LogP contribution in [0.25, 0.3) is 0 Å². The molecule has 0 saturated heterocycles. The molecule has 2 aromatic carbocycles. The highest BCUT2D eigenvalue weighted by Crippen LogP contribution is 2.25. The lowest BCUT2D eigenvalue weighted by molar-refractivity contribution is 0.102. The first-order chi connectivity index (χ1) is 9.10. The molecule has 0 aliphatic carbocycles. The van der Waals surface area contributed by atoms with Crippen molar-refractivity contribution in [2.75, 3.05) is 12.4 Å². The summed E-state index contributed by atoms with van der Waals surface area (Å²) in [5, 5.41) is 3.20. The van der Waals surface area contributed by atoms with Crippen molar-refractivity contribution in [2.24, 2.45) is 0 Å². The number of ether oxygens (including phenoxy) is 1. The number of anilines is 1. The molecule has 2 rings (SSSR count). The Kier molecular flexibility index (Phi) is 4.45. The minimum atomic E-state index is -0.220. The second kappa shape index (κ2) is 6.08. The van der Waals surface area contributed by atoms with Crippen molar-refractivity contribution in [3.05, 3.63) is 57.5 Å². The smallest absolute Gasteiger partial charge is 0.255 e. The van der Waals surface area contributed by atoms with Crippen LogP contribution >= 0.6 is 27.5 Å². The van der Waals surface area contributed by atoms with Crippen LogP contribution in [0.5, 0.6) is 5.75 Å². The number of rotatable bonds is 3. The topological polar surface area (TPSA) is 38.3 Å². The summed E-state index contributed by atoms with van der Waals surface area (Å²) in [6.45, 7) is 0. The summed E-state index contributed by atoms with van der Waals surface area (Å²) < 4.78 is 5.94. The van der Waals surface area contributed by atoms with E-state index >= 15 is 0 Å². The van der Waals surface area contributed by atoms with E-state index in [0.29, 0.717) is 22.0 Å². The molecule has 3 nitrogen and oxygen atoms in total. The molecule has 2 aromatic rings. The maximum Gasteiger partial charge on any atom is 0.255 e. The molecule has 0 aliphatic rings. The van der Waals surface area contributed by atoms with Crippen molar-refractivity contribution in [1.29, 1.82) is 0 Å². The second-order valence-electron chi connectivity index (χ2n) is 3.81. The number of benzene rings is 2. The number of amides is 1. The third-order valence-corrected chi connectivity index (χ3v) is 3.29. The largest absolute Gasteiger partial charge is 0.495 e. The van der Waals surface area contributed by atoms with Gasteiger partial charge < -0.3 is 10.1 Å². The third-order valence-electron chi connectivity index (χ3n) is 2.50. The summed E-state index contributed by atoms with van der Waals surface area (Å²) in [7, 11) is 1.53. The quantitative estimate of drug-likeness (QED) is 0.901. The Morgan fingerprint density at radius 1 is 1.26 bits per heavy atom. The maximum atomic E-state index is 12.1. The first-order valence-electron chi connectivity index (χ1n) is 5.50. The van der Waals surface area contributed by atoms with Gasteiger partial charge in [0.25, 0.3) is 5.91 Å². The van der Waals surface area contributed by atoms with Gasteiger partial charge in [-0.2, -0.15) is 0 Å². The minimum absolute atomic E-state index is 0.220. The van der Waals surface area contributed by atoms with E-state index in [1.54, 1.807) is 18.2 Å². The van der Waals surface area contributed by atoms with Gasteiger partial charge in [-0.1, -0.05) is 33.6 Å². The molecule has 0 unspecified atom stereocenters. The van der Waals surface area contributed by atoms with Gasteiger partial charge in [-0.3, -0.25) is 4.79 Å². The molecule has 98 valence electrons. The van der Waals surface area contributed by atoms with Gasteiger partial charge in [-0.05, 0) is 36.4 Å². The van der Waals surface area contributed by atoms with E-state index in [9.17, 15) is 4.79 Å². The second-order valence-corrected chi connectivity index (χ2v) is 5.14. The highest BCUT2D eigenvalue weighted by Gasteiger charge is 2.09. The molecule has 0 aromatic heterocycles. The average Bonchev–Trinajstić information content (AvgIpc) is 2.38. The van der Waals surface area contributed by atoms with Gasteiger partial charge in [0.1, 0.15) is 5.75 Å². The molecule has 1 amide bonds. The fourth-order valence-corrected chi connectivity index (χ4v) is 2.23. The Balaban J connectivity index is 2.18. The Bertz CT molecular complexity index is 616. The number of carbonyl (C=O) groups excluding carboxylic acids is 1. The summed E-state index contributed by atoms with van der Waals surface area (Å²) in [5.41, 5.74) is 1.19. The van der Waals surface area contributed by atoms with Crippen LogP contribution < -0.4 is 10.1 Å². The molecule has 0 heterocycles. The fourth-order valence-electron chi connectivity index (χ4n) is 1.58. The summed E-state index contributed by atoms with van der Waals surface area (Å²) in [6, 6.07) is 12.3. The molecule has 0 radical (unpaired) electrons. The Morgan fingerprint density at radius 2 is 2.05 bits per heavy atom. The lowest BCUT2D eigenvalue weighted by Crippen LogP contribution is -2.11. The number of hydrogen-bond acceptors (Lipinski definition) is 2. The van der Waals surface area contributed by atoms with Gasteiger partial charge in [-0.25, -0.2) is 0 Å². The number of halogens is 2. The van der Waals surface area contributed by atoms with Crippen LogP contribution in [0.15, 0.2) is 46.9 Å². The molecule has 1 N–H and O–H groups in total. The first kappa shape index (κ1) is 13.9. The van der Waals surface area contributed by atoms with Crippen LogP contribution in [0.2, 0.25) is 5.02 Å². The van der Waals surface area contributed by atoms with Gasteiger partial charge in [0, 0.05) is 15.7 Å². The van der Waals surface area contributed by atoms with Crippen LogP contribution in [-0.2, 0) is 0 Å². The third kappa shape index (κ3) is 3.49. The van der Waals surface area contributed by atoms with Crippen molar-refractivity contribution in [3.63, 3.8) is 0 Å².